The Bertz CT molecular complexity index is 202. The van der Waals surface area contributed by atoms with Gasteiger partial charge in [-0.15, -0.1) is 0 Å². The monoisotopic (exact) mass is 201 g/mol. The summed E-state index contributed by atoms with van der Waals surface area (Å²) in [7, 11) is 0. The second-order valence-corrected chi connectivity index (χ2v) is 3.65. The lowest BCUT2D eigenvalue weighted by Gasteiger charge is -2.21. The van der Waals surface area contributed by atoms with Crippen LogP contribution in [0.3, 0.4) is 0 Å². The van der Waals surface area contributed by atoms with Crippen molar-refractivity contribution in [3.8, 4) is 0 Å². The van der Waals surface area contributed by atoms with Crippen molar-refractivity contribution in [2.45, 2.75) is 26.3 Å². The number of hydrogen-bond donors (Lipinski definition) is 3. The minimum absolute atomic E-state index is 0.107. The van der Waals surface area contributed by atoms with E-state index in [-0.39, 0.29) is 24.8 Å². The number of aliphatic carboxylic acids is 1. The molecule has 3 N–H and O–H groups in total. The minimum Gasteiger partial charge on any atom is -0.478 e. The minimum atomic E-state index is -0.982. The standard InChI is InChI=1S/C10H19NO3/c1-7(2)9(4-5-12)11-6-8(3)10(13)14/h7,9,11-12H,3-6H2,1-2H3,(H,13,14). The smallest absolute Gasteiger partial charge is 0.332 e. The van der Waals surface area contributed by atoms with Gasteiger partial charge in [-0.2, -0.15) is 0 Å². The normalized spacial score (nSPS) is 12.9. The highest BCUT2D eigenvalue weighted by Gasteiger charge is 2.13. The molecule has 0 aromatic carbocycles. The van der Waals surface area contributed by atoms with Gasteiger partial charge < -0.3 is 15.5 Å². The maximum Gasteiger partial charge on any atom is 0.332 e. The summed E-state index contributed by atoms with van der Waals surface area (Å²) in [6.45, 7) is 7.84. The predicted octanol–water partition coefficient (Wildman–Crippen LogP) is 0.624. The van der Waals surface area contributed by atoms with Crippen molar-refractivity contribution in [3.63, 3.8) is 0 Å². The van der Waals surface area contributed by atoms with E-state index in [4.69, 9.17) is 10.2 Å². The molecule has 0 aromatic rings. The van der Waals surface area contributed by atoms with Crippen molar-refractivity contribution >= 4 is 5.97 Å². The molecule has 0 amide bonds. The fraction of sp³-hybridized carbons (Fsp3) is 0.700. The van der Waals surface area contributed by atoms with Gasteiger partial charge >= 0.3 is 5.97 Å². The molecule has 0 aliphatic carbocycles. The highest BCUT2D eigenvalue weighted by Crippen LogP contribution is 2.05. The number of aliphatic hydroxyl groups excluding tert-OH is 1. The first-order chi connectivity index (χ1) is 6.49. The molecule has 1 atom stereocenters. The van der Waals surface area contributed by atoms with Gasteiger partial charge in [0.1, 0.15) is 0 Å². The average Bonchev–Trinajstić information content (AvgIpc) is 2.10. The quantitative estimate of drug-likeness (QED) is 0.528. The molecule has 4 heteroatoms. The van der Waals surface area contributed by atoms with Crippen LogP contribution in [-0.2, 0) is 4.79 Å². The summed E-state index contributed by atoms with van der Waals surface area (Å²) in [6.07, 6.45) is 0.630. The van der Waals surface area contributed by atoms with E-state index in [1.807, 2.05) is 13.8 Å². The van der Waals surface area contributed by atoms with Crippen LogP contribution in [0.4, 0.5) is 0 Å². The number of carboxylic acid groups (broad SMARTS) is 1. The number of nitrogens with one attached hydrogen (secondary N) is 1. The Morgan fingerprint density at radius 2 is 2.07 bits per heavy atom. The van der Waals surface area contributed by atoms with Crippen molar-refractivity contribution < 1.29 is 15.0 Å². The van der Waals surface area contributed by atoms with Crippen molar-refractivity contribution in [3.05, 3.63) is 12.2 Å². The predicted molar refractivity (Wildman–Crippen MR) is 55.1 cm³/mol. The van der Waals surface area contributed by atoms with Crippen LogP contribution in [0.2, 0.25) is 0 Å². The summed E-state index contributed by atoms with van der Waals surface area (Å²) in [5.41, 5.74) is 0.147. The zero-order valence-corrected chi connectivity index (χ0v) is 8.79. The molecule has 14 heavy (non-hydrogen) atoms. The zero-order valence-electron chi connectivity index (χ0n) is 8.79. The van der Waals surface area contributed by atoms with E-state index < -0.39 is 5.97 Å². The Morgan fingerprint density at radius 1 is 1.50 bits per heavy atom. The lowest BCUT2D eigenvalue weighted by molar-refractivity contribution is -0.132. The van der Waals surface area contributed by atoms with Crippen LogP contribution in [0.25, 0.3) is 0 Å². The number of aliphatic hydroxyl groups is 1. The molecule has 0 saturated carbocycles. The third-order valence-corrected chi connectivity index (χ3v) is 2.12. The largest absolute Gasteiger partial charge is 0.478 e. The first-order valence-corrected chi connectivity index (χ1v) is 4.74. The SMILES string of the molecule is C=C(CNC(CCO)C(C)C)C(=O)O. The summed E-state index contributed by atoms with van der Waals surface area (Å²) < 4.78 is 0. The molecule has 0 aliphatic heterocycles. The Labute approximate surface area is 84.6 Å². The van der Waals surface area contributed by atoms with Gasteiger partial charge in [0.05, 0.1) is 0 Å². The summed E-state index contributed by atoms with van der Waals surface area (Å²) >= 11 is 0. The summed E-state index contributed by atoms with van der Waals surface area (Å²) in [4.78, 5) is 10.5. The molecule has 0 fully saturated rings. The summed E-state index contributed by atoms with van der Waals surface area (Å²) in [5, 5.41) is 20.4. The van der Waals surface area contributed by atoms with E-state index in [2.05, 4.69) is 11.9 Å². The van der Waals surface area contributed by atoms with Crippen LogP contribution in [-0.4, -0.2) is 35.4 Å². The lowest BCUT2D eigenvalue weighted by atomic mass is 10.0. The Hall–Kier alpha value is -0.870. The van der Waals surface area contributed by atoms with E-state index in [1.165, 1.54) is 0 Å². The van der Waals surface area contributed by atoms with E-state index in [0.717, 1.165) is 0 Å². The van der Waals surface area contributed by atoms with Gasteiger partial charge in [0.15, 0.2) is 0 Å². The second kappa shape index (κ2) is 6.56. The summed E-state index contributed by atoms with van der Waals surface area (Å²) in [5.74, 6) is -0.618. The molecule has 0 heterocycles. The van der Waals surface area contributed by atoms with Crippen LogP contribution in [0.1, 0.15) is 20.3 Å². The fourth-order valence-electron chi connectivity index (χ4n) is 1.14. The van der Waals surface area contributed by atoms with Crippen molar-refractivity contribution in [1.82, 2.24) is 5.32 Å². The van der Waals surface area contributed by atoms with E-state index in [0.29, 0.717) is 12.3 Å². The molecule has 0 spiro atoms. The van der Waals surface area contributed by atoms with Crippen LogP contribution in [0, 0.1) is 5.92 Å². The van der Waals surface area contributed by atoms with E-state index >= 15 is 0 Å². The molecular weight excluding hydrogens is 182 g/mol. The number of carboxylic acids is 1. The first kappa shape index (κ1) is 13.1. The van der Waals surface area contributed by atoms with Gasteiger partial charge in [0.25, 0.3) is 0 Å². The summed E-state index contributed by atoms with van der Waals surface area (Å²) in [6, 6.07) is 0.135. The van der Waals surface area contributed by atoms with Gasteiger partial charge in [0, 0.05) is 24.8 Å². The second-order valence-electron chi connectivity index (χ2n) is 3.65. The molecule has 0 bridgehead atoms. The zero-order chi connectivity index (χ0) is 11.1. The van der Waals surface area contributed by atoms with Gasteiger partial charge in [0.2, 0.25) is 0 Å². The van der Waals surface area contributed by atoms with Crippen LogP contribution in [0.15, 0.2) is 12.2 Å². The van der Waals surface area contributed by atoms with Crippen molar-refractivity contribution in [1.29, 1.82) is 0 Å². The van der Waals surface area contributed by atoms with Gasteiger partial charge in [-0.1, -0.05) is 20.4 Å². The van der Waals surface area contributed by atoms with Gasteiger partial charge in [-0.3, -0.25) is 0 Å². The lowest BCUT2D eigenvalue weighted by Crippen LogP contribution is -2.36. The first-order valence-electron chi connectivity index (χ1n) is 4.74. The molecule has 0 saturated heterocycles. The Kier molecular flexibility index (Phi) is 6.16. The van der Waals surface area contributed by atoms with Crippen LogP contribution >= 0.6 is 0 Å². The number of hydrogen-bond acceptors (Lipinski definition) is 3. The number of carbonyl (C=O) groups is 1. The maximum absolute atomic E-state index is 10.5. The maximum atomic E-state index is 10.5. The van der Waals surface area contributed by atoms with Crippen LogP contribution < -0.4 is 5.32 Å². The fourth-order valence-corrected chi connectivity index (χ4v) is 1.14. The molecule has 1 unspecified atom stereocenters. The van der Waals surface area contributed by atoms with E-state index in [1.54, 1.807) is 0 Å². The van der Waals surface area contributed by atoms with E-state index in [9.17, 15) is 4.79 Å². The molecule has 0 aromatic heterocycles. The molecule has 82 valence electrons. The Balaban J connectivity index is 3.93. The van der Waals surface area contributed by atoms with Crippen molar-refractivity contribution in [2.24, 2.45) is 5.92 Å². The number of rotatable bonds is 7. The molecular formula is C10H19NO3. The molecule has 4 nitrogen and oxygen atoms in total. The van der Waals surface area contributed by atoms with Gasteiger partial charge in [-0.25, -0.2) is 4.79 Å². The highest BCUT2D eigenvalue weighted by atomic mass is 16.4. The molecule has 0 aliphatic rings. The third kappa shape index (κ3) is 4.99. The average molecular weight is 201 g/mol. The van der Waals surface area contributed by atoms with Crippen LogP contribution in [0.5, 0.6) is 0 Å². The molecule has 0 rings (SSSR count). The van der Waals surface area contributed by atoms with Gasteiger partial charge in [-0.05, 0) is 12.3 Å². The Morgan fingerprint density at radius 3 is 2.43 bits per heavy atom. The van der Waals surface area contributed by atoms with Crippen molar-refractivity contribution in [2.75, 3.05) is 13.2 Å². The third-order valence-electron chi connectivity index (χ3n) is 2.12. The highest BCUT2D eigenvalue weighted by molar-refractivity contribution is 5.86. The topological polar surface area (TPSA) is 69.6 Å². The molecule has 0 radical (unpaired) electrons.